The van der Waals surface area contributed by atoms with Crippen molar-refractivity contribution in [3.63, 3.8) is 0 Å². The van der Waals surface area contributed by atoms with Crippen LogP contribution >= 0.6 is 0 Å². The molecule has 0 saturated heterocycles. The van der Waals surface area contributed by atoms with E-state index in [-0.39, 0.29) is 6.61 Å². The second kappa shape index (κ2) is 6.53. The first-order chi connectivity index (χ1) is 9.26. The highest BCUT2D eigenvalue weighted by Crippen LogP contribution is 2.23. The molecule has 19 heavy (non-hydrogen) atoms. The van der Waals surface area contributed by atoms with Crippen molar-refractivity contribution < 1.29 is 5.11 Å². The second-order valence-corrected chi connectivity index (χ2v) is 4.89. The molecule has 0 atom stereocenters. The van der Waals surface area contributed by atoms with Gasteiger partial charge in [0.1, 0.15) is 5.82 Å². The van der Waals surface area contributed by atoms with Crippen molar-refractivity contribution in [3.05, 3.63) is 35.9 Å². The van der Waals surface area contributed by atoms with E-state index < -0.39 is 0 Å². The number of anilines is 1. The minimum absolute atomic E-state index is 0.164. The van der Waals surface area contributed by atoms with Crippen molar-refractivity contribution in [1.29, 1.82) is 0 Å². The number of aliphatic hydroxyl groups is 1. The molecule has 0 unspecified atom stereocenters. The molecule has 2 aromatic rings. The molecule has 0 aliphatic carbocycles. The van der Waals surface area contributed by atoms with E-state index in [0.29, 0.717) is 6.54 Å². The smallest absolute Gasteiger partial charge is 0.132 e. The van der Waals surface area contributed by atoms with Crippen molar-refractivity contribution in [2.45, 2.75) is 26.7 Å². The number of para-hydroxylation sites is 1. The highest BCUT2D eigenvalue weighted by Gasteiger charge is 2.11. The van der Waals surface area contributed by atoms with E-state index in [9.17, 15) is 5.11 Å². The van der Waals surface area contributed by atoms with Gasteiger partial charge in [0, 0.05) is 18.5 Å². The summed E-state index contributed by atoms with van der Waals surface area (Å²) >= 11 is 0. The first kappa shape index (κ1) is 13.8. The van der Waals surface area contributed by atoms with Gasteiger partial charge in [-0.25, -0.2) is 4.98 Å². The van der Waals surface area contributed by atoms with Crippen molar-refractivity contribution >= 4 is 16.7 Å². The zero-order valence-corrected chi connectivity index (χ0v) is 11.8. The number of benzene rings is 1. The van der Waals surface area contributed by atoms with Crippen molar-refractivity contribution in [3.8, 4) is 0 Å². The molecule has 1 aromatic carbocycles. The van der Waals surface area contributed by atoms with E-state index in [4.69, 9.17) is 4.98 Å². The molecular formula is C16H22N2O. The second-order valence-electron chi connectivity index (χ2n) is 4.89. The summed E-state index contributed by atoms with van der Waals surface area (Å²) in [7, 11) is 0. The Kier molecular flexibility index (Phi) is 4.74. The van der Waals surface area contributed by atoms with Gasteiger partial charge in [0.2, 0.25) is 0 Å². The Balaban J connectivity index is 2.37. The quantitative estimate of drug-likeness (QED) is 0.864. The van der Waals surface area contributed by atoms with Gasteiger partial charge >= 0.3 is 0 Å². The molecule has 0 radical (unpaired) electrons. The van der Waals surface area contributed by atoms with Crippen LogP contribution in [0.25, 0.3) is 10.9 Å². The summed E-state index contributed by atoms with van der Waals surface area (Å²) in [4.78, 5) is 6.95. The first-order valence-electron chi connectivity index (χ1n) is 6.98. The van der Waals surface area contributed by atoms with Crippen LogP contribution in [0.15, 0.2) is 30.3 Å². The van der Waals surface area contributed by atoms with Gasteiger partial charge in [-0.3, -0.25) is 0 Å². The number of pyridine rings is 1. The Bertz CT molecular complexity index is 539. The summed E-state index contributed by atoms with van der Waals surface area (Å²) in [6.07, 6.45) is 2.27. The number of unbranched alkanes of at least 4 members (excludes halogenated alkanes) is 1. The van der Waals surface area contributed by atoms with E-state index in [0.717, 1.165) is 30.7 Å². The standard InChI is InChI=1S/C16H22N2O/c1-3-4-9-18(10-11-19)16-13(2)12-14-7-5-6-8-15(14)17-16/h5-8,12,19H,3-4,9-11H2,1-2H3. The van der Waals surface area contributed by atoms with E-state index in [1.807, 2.05) is 18.2 Å². The van der Waals surface area contributed by atoms with Crippen molar-refractivity contribution in [1.82, 2.24) is 4.98 Å². The molecule has 0 spiro atoms. The molecule has 3 nitrogen and oxygen atoms in total. The van der Waals surface area contributed by atoms with Gasteiger partial charge in [0.15, 0.2) is 0 Å². The lowest BCUT2D eigenvalue weighted by molar-refractivity contribution is 0.301. The Labute approximate surface area is 114 Å². The summed E-state index contributed by atoms with van der Waals surface area (Å²) in [5.74, 6) is 1.00. The van der Waals surface area contributed by atoms with Gasteiger partial charge in [-0.2, -0.15) is 0 Å². The molecule has 1 aromatic heterocycles. The predicted octanol–water partition coefficient (Wildman–Crippen LogP) is 3.14. The van der Waals surface area contributed by atoms with E-state index in [2.05, 4.69) is 30.9 Å². The maximum Gasteiger partial charge on any atom is 0.132 e. The fourth-order valence-corrected chi connectivity index (χ4v) is 2.32. The van der Waals surface area contributed by atoms with Gasteiger partial charge in [0.05, 0.1) is 12.1 Å². The van der Waals surface area contributed by atoms with Gasteiger partial charge in [-0.1, -0.05) is 31.5 Å². The maximum atomic E-state index is 9.23. The average molecular weight is 258 g/mol. The normalized spacial score (nSPS) is 10.9. The summed E-state index contributed by atoms with van der Waals surface area (Å²) in [5.41, 5.74) is 2.19. The lowest BCUT2D eigenvalue weighted by Crippen LogP contribution is -2.29. The fourth-order valence-electron chi connectivity index (χ4n) is 2.32. The van der Waals surface area contributed by atoms with Crippen LogP contribution in [0.3, 0.4) is 0 Å². The average Bonchev–Trinajstić information content (AvgIpc) is 2.43. The third-order valence-electron chi connectivity index (χ3n) is 3.34. The zero-order valence-electron chi connectivity index (χ0n) is 11.8. The number of nitrogens with zero attached hydrogens (tertiary/aromatic N) is 2. The summed E-state index contributed by atoms with van der Waals surface area (Å²) in [5, 5.41) is 10.4. The molecule has 0 aliphatic rings. The van der Waals surface area contributed by atoms with E-state index >= 15 is 0 Å². The Morgan fingerprint density at radius 3 is 2.74 bits per heavy atom. The van der Waals surface area contributed by atoms with E-state index in [1.165, 1.54) is 10.9 Å². The van der Waals surface area contributed by atoms with Gasteiger partial charge in [-0.15, -0.1) is 0 Å². The van der Waals surface area contributed by atoms with E-state index in [1.54, 1.807) is 0 Å². The van der Waals surface area contributed by atoms with Crippen molar-refractivity contribution in [2.24, 2.45) is 0 Å². The fraction of sp³-hybridized carbons (Fsp3) is 0.438. The monoisotopic (exact) mass is 258 g/mol. The maximum absolute atomic E-state index is 9.23. The molecule has 2 rings (SSSR count). The molecule has 1 N–H and O–H groups in total. The Hall–Kier alpha value is -1.61. The Morgan fingerprint density at radius 2 is 2.00 bits per heavy atom. The molecule has 3 heteroatoms. The molecule has 102 valence electrons. The largest absolute Gasteiger partial charge is 0.395 e. The third kappa shape index (κ3) is 3.24. The third-order valence-corrected chi connectivity index (χ3v) is 3.34. The number of hydrogen-bond donors (Lipinski definition) is 1. The van der Waals surface area contributed by atoms with Crippen LogP contribution in [0.2, 0.25) is 0 Å². The lowest BCUT2D eigenvalue weighted by atomic mass is 10.1. The molecular weight excluding hydrogens is 236 g/mol. The van der Waals surface area contributed by atoms with Crippen LogP contribution in [0, 0.1) is 6.92 Å². The van der Waals surface area contributed by atoms with Crippen LogP contribution in [0.4, 0.5) is 5.82 Å². The Morgan fingerprint density at radius 1 is 1.21 bits per heavy atom. The minimum atomic E-state index is 0.164. The number of aryl methyl sites for hydroxylation is 1. The van der Waals surface area contributed by atoms with Crippen LogP contribution in [0.1, 0.15) is 25.3 Å². The predicted molar refractivity (Wildman–Crippen MR) is 80.7 cm³/mol. The zero-order chi connectivity index (χ0) is 13.7. The molecule has 0 bridgehead atoms. The number of hydrogen-bond acceptors (Lipinski definition) is 3. The number of aliphatic hydroxyl groups excluding tert-OH is 1. The molecule has 0 fully saturated rings. The highest BCUT2D eigenvalue weighted by molar-refractivity contribution is 5.81. The number of fused-ring (bicyclic) bond motifs is 1. The molecule has 0 amide bonds. The molecule has 1 heterocycles. The van der Waals surface area contributed by atoms with Gasteiger partial charge in [0.25, 0.3) is 0 Å². The highest BCUT2D eigenvalue weighted by atomic mass is 16.3. The lowest BCUT2D eigenvalue weighted by Gasteiger charge is -2.24. The van der Waals surface area contributed by atoms with Gasteiger partial charge in [-0.05, 0) is 31.0 Å². The van der Waals surface area contributed by atoms with Gasteiger partial charge < -0.3 is 10.0 Å². The number of aromatic nitrogens is 1. The summed E-state index contributed by atoms with van der Waals surface area (Å²) in [6, 6.07) is 10.3. The van der Waals surface area contributed by atoms with Crippen LogP contribution in [-0.4, -0.2) is 29.8 Å². The van der Waals surface area contributed by atoms with Crippen molar-refractivity contribution in [2.75, 3.05) is 24.6 Å². The minimum Gasteiger partial charge on any atom is -0.395 e. The van der Waals surface area contributed by atoms with Crippen LogP contribution in [-0.2, 0) is 0 Å². The number of rotatable bonds is 6. The topological polar surface area (TPSA) is 36.4 Å². The summed E-state index contributed by atoms with van der Waals surface area (Å²) in [6.45, 7) is 6.02. The summed E-state index contributed by atoms with van der Waals surface area (Å²) < 4.78 is 0. The molecule has 0 aliphatic heterocycles. The van der Waals surface area contributed by atoms with Crippen LogP contribution < -0.4 is 4.90 Å². The van der Waals surface area contributed by atoms with Crippen LogP contribution in [0.5, 0.6) is 0 Å². The first-order valence-corrected chi connectivity index (χ1v) is 6.98. The SMILES string of the molecule is CCCCN(CCO)c1nc2ccccc2cc1C. The molecule has 0 saturated carbocycles.